The van der Waals surface area contributed by atoms with Gasteiger partial charge in [-0.1, -0.05) is 0 Å². The second-order valence-electron chi connectivity index (χ2n) is 4.96. The van der Waals surface area contributed by atoms with Crippen molar-refractivity contribution in [3.63, 3.8) is 0 Å². The molecule has 1 aliphatic heterocycles. The summed E-state index contributed by atoms with van der Waals surface area (Å²) in [5.41, 5.74) is 0. The highest BCUT2D eigenvalue weighted by Crippen LogP contribution is 2.09. The Hall–Kier alpha value is -0.160. The molecule has 4 nitrogen and oxygen atoms in total. The maximum atomic E-state index is 8.99. The third-order valence-corrected chi connectivity index (χ3v) is 3.53. The van der Waals surface area contributed by atoms with Crippen LogP contribution in [0.25, 0.3) is 0 Å². The summed E-state index contributed by atoms with van der Waals surface area (Å²) in [6.45, 7) is 7.14. The highest BCUT2D eigenvalue weighted by molar-refractivity contribution is 4.79. The summed E-state index contributed by atoms with van der Waals surface area (Å²) in [5, 5.41) is 12.3. The quantitative estimate of drug-likeness (QED) is 0.695. The number of nitrogens with zero attached hydrogens (tertiary/aromatic N) is 2. The van der Waals surface area contributed by atoms with Gasteiger partial charge in [0.05, 0.1) is 0 Å². The molecule has 16 heavy (non-hydrogen) atoms. The Labute approximate surface area is 99.6 Å². The van der Waals surface area contributed by atoms with Gasteiger partial charge in [0.15, 0.2) is 0 Å². The fourth-order valence-corrected chi connectivity index (χ4v) is 2.46. The first-order chi connectivity index (χ1) is 7.67. The second kappa shape index (κ2) is 7.22. The highest BCUT2D eigenvalue weighted by Gasteiger charge is 2.21. The van der Waals surface area contributed by atoms with Crippen LogP contribution in [0.3, 0.4) is 0 Å². The van der Waals surface area contributed by atoms with Gasteiger partial charge >= 0.3 is 0 Å². The monoisotopic (exact) mass is 229 g/mol. The molecule has 0 aromatic carbocycles. The molecule has 1 rings (SSSR count). The van der Waals surface area contributed by atoms with Crippen LogP contribution >= 0.6 is 0 Å². The molecule has 1 aliphatic rings. The van der Waals surface area contributed by atoms with Crippen LogP contribution in [0.15, 0.2) is 0 Å². The van der Waals surface area contributed by atoms with E-state index in [4.69, 9.17) is 5.11 Å². The number of hydrogen-bond acceptors (Lipinski definition) is 4. The van der Waals surface area contributed by atoms with Gasteiger partial charge in [0, 0.05) is 31.8 Å². The van der Waals surface area contributed by atoms with E-state index in [-0.39, 0.29) is 6.61 Å². The molecule has 4 heteroatoms. The van der Waals surface area contributed by atoms with Crippen molar-refractivity contribution in [3.8, 4) is 0 Å². The average Bonchev–Trinajstić information content (AvgIpc) is 2.40. The summed E-state index contributed by atoms with van der Waals surface area (Å²) in [6, 6.07) is 1.03. The van der Waals surface area contributed by atoms with Gasteiger partial charge in [-0.2, -0.15) is 0 Å². The molecular weight excluding hydrogens is 202 g/mol. The molecule has 0 bridgehead atoms. The van der Waals surface area contributed by atoms with Crippen LogP contribution < -0.4 is 5.32 Å². The van der Waals surface area contributed by atoms with Crippen LogP contribution in [0.1, 0.15) is 19.8 Å². The zero-order chi connectivity index (χ0) is 12.0. The van der Waals surface area contributed by atoms with E-state index in [0.717, 1.165) is 19.5 Å². The van der Waals surface area contributed by atoms with E-state index in [9.17, 15) is 0 Å². The molecule has 2 N–H and O–H groups in total. The van der Waals surface area contributed by atoms with Crippen molar-refractivity contribution in [1.82, 2.24) is 15.1 Å². The summed E-state index contributed by atoms with van der Waals surface area (Å²) in [7, 11) is 4.18. The van der Waals surface area contributed by atoms with Gasteiger partial charge in [0.25, 0.3) is 0 Å². The number of likely N-dealkylation sites (N-methyl/N-ethyl adjacent to an activating group) is 2. The fourth-order valence-electron chi connectivity index (χ4n) is 2.46. The summed E-state index contributed by atoms with van der Waals surface area (Å²) in [4.78, 5) is 4.95. The molecular formula is C12H27N3O. The van der Waals surface area contributed by atoms with Crippen molar-refractivity contribution in [3.05, 3.63) is 0 Å². The van der Waals surface area contributed by atoms with E-state index in [1.54, 1.807) is 0 Å². The highest BCUT2D eigenvalue weighted by atomic mass is 16.3. The van der Waals surface area contributed by atoms with Gasteiger partial charge in [-0.05, 0) is 47.0 Å². The van der Waals surface area contributed by atoms with Crippen LogP contribution in [0.5, 0.6) is 0 Å². The lowest BCUT2D eigenvalue weighted by Crippen LogP contribution is -2.45. The molecule has 1 heterocycles. The Bertz CT molecular complexity index is 189. The zero-order valence-corrected chi connectivity index (χ0v) is 10.9. The molecule has 2 atom stereocenters. The minimum atomic E-state index is 0.271. The first-order valence-corrected chi connectivity index (χ1v) is 6.38. The largest absolute Gasteiger partial charge is 0.396 e. The van der Waals surface area contributed by atoms with Crippen molar-refractivity contribution in [2.24, 2.45) is 0 Å². The van der Waals surface area contributed by atoms with Gasteiger partial charge in [0.1, 0.15) is 0 Å². The molecule has 1 saturated heterocycles. The van der Waals surface area contributed by atoms with Crippen molar-refractivity contribution in [2.45, 2.75) is 31.8 Å². The van der Waals surface area contributed by atoms with Gasteiger partial charge in [-0.3, -0.25) is 4.90 Å². The second-order valence-corrected chi connectivity index (χ2v) is 4.96. The number of nitrogens with one attached hydrogen (secondary N) is 1. The molecule has 0 radical (unpaired) electrons. The Morgan fingerprint density at radius 3 is 2.81 bits per heavy atom. The minimum Gasteiger partial charge on any atom is -0.396 e. The average molecular weight is 229 g/mol. The summed E-state index contributed by atoms with van der Waals surface area (Å²) < 4.78 is 0. The zero-order valence-electron chi connectivity index (χ0n) is 10.9. The van der Waals surface area contributed by atoms with Crippen LogP contribution in [-0.4, -0.2) is 73.9 Å². The maximum Gasteiger partial charge on any atom is 0.0446 e. The summed E-state index contributed by atoms with van der Waals surface area (Å²) in [5.74, 6) is 0. The molecule has 0 aliphatic carbocycles. The van der Waals surface area contributed by atoms with Crippen LogP contribution in [-0.2, 0) is 0 Å². The van der Waals surface area contributed by atoms with E-state index in [1.165, 1.54) is 19.5 Å². The first kappa shape index (κ1) is 13.9. The minimum absolute atomic E-state index is 0.271. The molecule has 0 saturated carbocycles. The third-order valence-electron chi connectivity index (χ3n) is 3.53. The number of hydrogen-bond donors (Lipinski definition) is 2. The maximum absolute atomic E-state index is 8.99. The Kier molecular flexibility index (Phi) is 6.28. The van der Waals surface area contributed by atoms with Crippen molar-refractivity contribution >= 4 is 0 Å². The lowest BCUT2D eigenvalue weighted by Gasteiger charge is -2.31. The predicted molar refractivity (Wildman–Crippen MR) is 67.7 cm³/mol. The van der Waals surface area contributed by atoms with Crippen LogP contribution in [0, 0.1) is 0 Å². The first-order valence-electron chi connectivity index (χ1n) is 6.38. The lowest BCUT2D eigenvalue weighted by atomic mass is 10.1. The van der Waals surface area contributed by atoms with Crippen molar-refractivity contribution < 1.29 is 5.11 Å². The van der Waals surface area contributed by atoms with Gasteiger partial charge in [-0.15, -0.1) is 0 Å². The van der Waals surface area contributed by atoms with E-state index in [2.05, 4.69) is 29.1 Å². The van der Waals surface area contributed by atoms with E-state index < -0.39 is 0 Å². The topological polar surface area (TPSA) is 38.7 Å². The molecule has 96 valence electrons. The molecule has 0 spiro atoms. The molecule has 1 fully saturated rings. The van der Waals surface area contributed by atoms with E-state index >= 15 is 0 Å². The molecule has 0 aromatic rings. The molecule has 0 aromatic heterocycles. The number of aliphatic hydroxyl groups is 1. The molecule has 0 amide bonds. The third kappa shape index (κ3) is 4.37. The normalized spacial score (nSPS) is 26.6. The SMILES string of the molecule is CNC(CCO)CN1CCCN(C)CC1C. The summed E-state index contributed by atoms with van der Waals surface area (Å²) in [6.07, 6.45) is 2.09. The Morgan fingerprint density at radius 1 is 1.44 bits per heavy atom. The van der Waals surface area contributed by atoms with Gasteiger partial charge < -0.3 is 15.3 Å². The Morgan fingerprint density at radius 2 is 2.19 bits per heavy atom. The van der Waals surface area contributed by atoms with Crippen molar-refractivity contribution in [1.29, 1.82) is 0 Å². The lowest BCUT2D eigenvalue weighted by molar-refractivity contribution is 0.170. The van der Waals surface area contributed by atoms with E-state index in [0.29, 0.717) is 12.1 Å². The molecule has 2 unspecified atom stereocenters. The fraction of sp³-hybridized carbons (Fsp3) is 1.00. The van der Waals surface area contributed by atoms with Crippen molar-refractivity contribution in [2.75, 3.05) is 46.9 Å². The van der Waals surface area contributed by atoms with E-state index in [1.807, 2.05) is 7.05 Å². The standard InChI is InChI=1S/C12H27N3O/c1-11-9-14(3)6-4-7-15(11)10-12(13-2)5-8-16/h11-13,16H,4-10H2,1-3H3. The van der Waals surface area contributed by atoms with Gasteiger partial charge in [0.2, 0.25) is 0 Å². The predicted octanol–water partition coefficient (Wildman–Crippen LogP) is -0.0172. The Balaban J connectivity index is 2.44. The smallest absolute Gasteiger partial charge is 0.0446 e. The van der Waals surface area contributed by atoms with Crippen LogP contribution in [0.4, 0.5) is 0 Å². The number of rotatable bonds is 5. The van der Waals surface area contributed by atoms with Gasteiger partial charge in [-0.25, -0.2) is 0 Å². The number of aliphatic hydroxyl groups excluding tert-OH is 1. The van der Waals surface area contributed by atoms with Crippen LogP contribution in [0.2, 0.25) is 0 Å². The summed E-state index contributed by atoms with van der Waals surface area (Å²) >= 11 is 0.